The fourth-order valence-electron chi connectivity index (χ4n) is 6.63. The monoisotopic (exact) mass is 577 g/mol. The second kappa shape index (κ2) is 10.3. The van der Waals surface area contributed by atoms with Gasteiger partial charge in [-0.2, -0.15) is 0 Å². The molecule has 0 aliphatic heterocycles. The number of aliphatic hydroxyl groups is 3. The van der Waals surface area contributed by atoms with E-state index in [1.54, 1.807) is 38.4 Å². The summed E-state index contributed by atoms with van der Waals surface area (Å²) in [7, 11) is 6.03. The molecular formula is C30H31N3O9. The van der Waals surface area contributed by atoms with Crippen LogP contribution in [-0.2, 0) is 25.6 Å². The minimum atomic E-state index is -2.69. The maximum absolute atomic E-state index is 14.0. The number of phenolic OH excluding ortho intramolecular Hbond substituents is 1. The number of methoxy groups -OCH3 is 1. The van der Waals surface area contributed by atoms with E-state index in [4.69, 9.17) is 15.3 Å². The number of benzene rings is 2. The Morgan fingerprint density at radius 2 is 1.86 bits per heavy atom. The van der Waals surface area contributed by atoms with Crippen LogP contribution in [0.3, 0.4) is 0 Å². The predicted octanol–water partition coefficient (Wildman–Crippen LogP) is 1.62. The molecule has 12 nitrogen and oxygen atoms in total. The fraction of sp³-hybridized carbons (Fsp3) is 0.333. The van der Waals surface area contributed by atoms with Crippen molar-refractivity contribution in [2.45, 2.75) is 24.5 Å². The Kier molecular flexibility index (Phi) is 7.07. The van der Waals surface area contributed by atoms with Gasteiger partial charge in [0.15, 0.2) is 11.4 Å². The lowest BCUT2D eigenvalue weighted by molar-refractivity contribution is -0.153. The molecule has 5 rings (SSSR count). The van der Waals surface area contributed by atoms with Gasteiger partial charge < -0.3 is 35.7 Å². The van der Waals surface area contributed by atoms with Crippen LogP contribution in [0, 0.1) is 11.8 Å². The Labute approximate surface area is 240 Å². The van der Waals surface area contributed by atoms with Gasteiger partial charge >= 0.3 is 0 Å². The van der Waals surface area contributed by atoms with E-state index < -0.39 is 58.0 Å². The zero-order chi connectivity index (χ0) is 30.7. The number of hydrogen-bond acceptors (Lipinski definition) is 11. The van der Waals surface area contributed by atoms with Crippen molar-refractivity contribution in [3.63, 3.8) is 0 Å². The number of carbonyl (C=O) groups excluding carboxylic acids is 3. The van der Waals surface area contributed by atoms with Gasteiger partial charge in [0, 0.05) is 17.1 Å². The topological polar surface area (TPSA) is 192 Å². The first-order valence-electron chi connectivity index (χ1n) is 13.1. The molecule has 3 aliphatic carbocycles. The summed E-state index contributed by atoms with van der Waals surface area (Å²) in [6.45, 7) is 0. The summed E-state index contributed by atoms with van der Waals surface area (Å²) in [6.07, 6.45) is 1.63. The average molecular weight is 578 g/mol. The van der Waals surface area contributed by atoms with Gasteiger partial charge in [-0.15, -0.1) is 0 Å². The third-order valence-electron chi connectivity index (χ3n) is 8.44. The smallest absolute Gasteiger partial charge is 0.255 e. The first kappa shape index (κ1) is 28.8. The van der Waals surface area contributed by atoms with Gasteiger partial charge in [-0.1, -0.05) is 17.3 Å². The Hall–Kier alpha value is -4.68. The number of nitrogens with two attached hydrogens (primary N) is 1. The van der Waals surface area contributed by atoms with Gasteiger partial charge in [-0.05, 0) is 67.7 Å². The minimum absolute atomic E-state index is 0.00474. The number of Topliss-reactive ketones (excluding diaryl/α,β-unsaturated/α-hetero) is 2. The van der Waals surface area contributed by atoms with Crippen LogP contribution in [-0.4, -0.2) is 89.0 Å². The number of rotatable bonds is 6. The summed E-state index contributed by atoms with van der Waals surface area (Å²) in [5, 5.41) is 48.9. The molecule has 2 aromatic carbocycles. The number of ketones is 2. The van der Waals surface area contributed by atoms with E-state index in [9.17, 15) is 34.8 Å². The number of oxime groups is 1. The van der Waals surface area contributed by atoms with Crippen molar-refractivity contribution in [3.05, 3.63) is 63.9 Å². The van der Waals surface area contributed by atoms with E-state index in [0.29, 0.717) is 28.0 Å². The number of primary amides is 1. The summed E-state index contributed by atoms with van der Waals surface area (Å²) in [5.41, 5.74) is 4.12. The molecular weight excluding hydrogens is 546 g/mol. The van der Waals surface area contributed by atoms with Gasteiger partial charge in [0.1, 0.15) is 35.7 Å². The highest BCUT2D eigenvalue weighted by molar-refractivity contribution is 6.24. The summed E-state index contributed by atoms with van der Waals surface area (Å²) in [4.78, 5) is 45.7. The first-order valence-corrected chi connectivity index (χ1v) is 13.1. The summed E-state index contributed by atoms with van der Waals surface area (Å²) < 4.78 is 5.41. The van der Waals surface area contributed by atoms with Crippen LogP contribution in [0.15, 0.2) is 52.4 Å². The Morgan fingerprint density at radius 1 is 1.14 bits per heavy atom. The lowest BCUT2D eigenvalue weighted by atomic mass is 9.57. The first-order chi connectivity index (χ1) is 19.9. The minimum Gasteiger partial charge on any atom is -0.508 e. The number of likely N-dealkylation sites (N-methyl/N-ethyl adjacent to an activating group) is 1. The molecule has 2 aromatic rings. The number of aliphatic hydroxyl groups excluding tert-OH is 2. The molecule has 0 saturated heterocycles. The summed E-state index contributed by atoms with van der Waals surface area (Å²) >= 11 is 0. The van der Waals surface area contributed by atoms with Crippen molar-refractivity contribution in [2.24, 2.45) is 22.7 Å². The molecule has 0 heterocycles. The lowest BCUT2D eigenvalue weighted by Gasteiger charge is -2.50. The van der Waals surface area contributed by atoms with Crippen LogP contribution in [0.1, 0.15) is 23.1 Å². The quantitative estimate of drug-likeness (QED) is 0.191. The summed E-state index contributed by atoms with van der Waals surface area (Å²) in [6, 6.07) is 7.24. The second-order valence-electron chi connectivity index (χ2n) is 10.8. The lowest BCUT2D eigenvalue weighted by Crippen LogP contribution is -2.65. The van der Waals surface area contributed by atoms with Crippen molar-refractivity contribution in [3.8, 4) is 22.6 Å². The van der Waals surface area contributed by atoms with Gasteiger partial charge in [-0.25, -0.2) is 0 Å². The number of carbonyl (C=O) groups is 3. The number of nitrogens with zero attached hydrogens (tertiary/aromatic N) is 2. The Bertz CT molecular complexity index is 1620. The van der Waals surface area contributed by atoms with Gasteiger partial charge in [-0.3, -0.25) is 19.3 Å². The van der Waals surface area contributed by atoms with Crippen LogP contribution in [0.4, 0.5) is 0 Å². The highest BCUT2D eigenvalue weighted by atomic mass is 16.6. The van der Waals surface area contributed by atoms with Crippen LogP contribution in [0.2, 0.25) is 0 Å². The number of amides is 1. The Morgan fingerprint density at radius 3 is 2.48 bits per heavy atom. The molecule has 0 unspecified atom stereocenters. The van der Waals surface area contributed by atoms with E-state index in [2.05, 4.69) is 5.16 Å². The molecule has 1 saturated carbocycles. The third kappa shape index (κ3) is 4.05. The molecule has 42 heavy (non-hydrogen) atoms. The number of phenols is 1. The van der Waals surface area contributed by atoms with Crippen molar-refractivity contribution >= 4 is 29.4 Å². The molecule has 4 atom stereocenters. The van der Waals surface area contributed by atoms with Crippen LogP contribution < -0.4 is 10.5 Å². The van der Waals surface area contributed by atoms with Crippen LogP contribution >= 0.6 is 0 Å². The van der Waals surface area contributed by atoms with Gasteiger partial charge in [0.2, 0.25) is 5.78 Å². The molecule has 0 aromatic heterocycles. The van der Waals surface area contributed by atoms with E-state index in [1.807, 2.05) is 0 Å². The highest BCUT2D eigenvalue weighted by Crippen LogP contribution is 2.53. The maximum Gasteiger partial charge on any atom is 0.255 e. The molecule has 0 bridgehead atoms. The molecule has 6 N–H and O–H groups in total. The van der Waals surface area contributed by atoms with Crippen molar-refractivity contribution in [1.29, 1.82) is 0 Å². The maximum atomic E-state index is 14.0. The number of ether oxygens (including phenoxy) is 1. The largest absolute Gasteiger partial charge is 0.508 e. The highest BCUT2D eigenvalue weighted by Gasteiger charge is 2.64. The Balaban J connectivity index is 1.71. The molecule has 220 valence electrons. The third-order valence-corrected chi connectivity index (χ3v) is 8.44. The summed E-state index contributed by atoms with van der Waals surface area (Å²) in [5.74, 6) is -6.44. The van der Waals surface area contributed by atoms with Gasteiger partial charge in [0.05, 0.1) is 24.9 Å². The van der Waals surface area contributed by atoms with Crippen molar-refractivity contribution < 1.29 is 44.4 Å². The molecule has 12 heteroatoms. The van der Waals surface area contributed by atoms with E-state index in [-0.39, 0.29) is 29.7 Å². The zero-order valence-electron chi connectivity index (χ0n) is 23.4. The zero-order valence-corrected chi connectivity index (χ0v) is 23.4. The number of fused-ring (bicyclic) bond motifs is 3. The SMILES string of the molecule is CO/N=C/c1cc(-c2ccc(O)c3c2C[C@@H]2C[C@@H]4[C@@H](N(C)C)C(=O)C(C(N)=O)=C(O)[C@]4(O)C(=O)C2=C3O)ccc1OC. The van der Waals surface area contributed by atoms with Crippen molar-refractivity contribution in [1.82, 2.24) is 4.90 Å². The molecule has 0 spiro atoms. The van der Waals surface area contributed by atoms with E-state index in [1.165, 1.54) is 31.4 Å². The molecule has 1 fully saturated rings. The number of hydrogen-bond donors (Lipinski definition) is 5. The predicted molar refractivity (Wildman–Crippen MR) is 151 cm³/mol. The molecule has 1 amide bonds. The van der Waals surface area contributed by atoms with E-state index >= 15 is 0 Å². The van der Waals surface area contributed by atoms with E-state index in [0.717, 1.165) is 0 Å². The standard InChI is InChI=1S/C30H31N3O9/c1-33(2)24-18-11-14-10-17-16(13-5-8-20(41-3)15(9-13)12-32-42-4)6-7-19(34)22(17)25(35)21(14)27(37)30(18,40)28(38)23(26(24)36)29(31)39/h5-9,12,14,18,24,34-35,38,40H,10-11H2,1-4H3,(H2,31,39)/b32-12+/t14-,18-,24-,30-/m1/s1. The van der Waals surface area contributed by atoms with Crippen molar-refractivity contribution in [2.75, 3.05) is 28.3 Å². The second-order valence-corrected chi connectivity index (χ2v) is 10.8. The van der Waals surface area contributed by atoms with Crippen LogP contribution in [0.5, 0.6) is 11.5 Å². The fourth-order valence-corrected chi connectivity index (χ4v) is 6.63. The normalized spacial score (nSPS) is 25.4. The van der Waals surface area contributed by atoms with Gasteiger partial charge in [0.25, 0.3) is 5.91 Å². The number of aromatic hydroxyl groups is 1. The van der Waals surface area contributed by atoms with Crippen LogP contribution in [0.25, 0.3) is 16.9 Å². The average Bonchev–Trinajstić information content (AvgIpc) is 2.93. The molecule has 0 radical (unpaired) electrons. The molecule has 3 aliphatic rings.